The summed E-state index contributed by atoms with van der Waals surface area (Å²) in [7, 11) is 1.55. The van der Waals surface area contributed by atoms with E-state index in [-0.39, 0.29) is 31.0 Å². The number of hydrogen-bond acceptors (Lipinski definition) is 7. The van der Waals surface area contributed by atoms with Crippen LogP contribution in [0.3, 0.4) is 0 Å². The maximum atomic E-state index is 13.6. The maximum Gasteiger partial charge on any atom is 0.408 e. The summed E-state index contributed by atoms with van der Waals surface area (Å²) in [5.41, 5.74) is 0.503. The third-order valence-corrected chi connectivity index (χ3v) is 6.98. The van der Waals surface area contributed by atoms with Crippen LogP contribution in [0, 0.1) is 0 Å². The van der Waals surface area contributed by atoms with Gasteiger partial charge in [0, 0.05) is 6.54 Å². The second-order valence-electron chi connectivity index (χ2n) is 6.88. The second-order valence-corrected chi connectivity index (χ2v) is 8.91. The van der Waals surface area contributed by atoms with Gasteiger partial charge in [-0.05, 0) is 36.8 Å². The summed E-state index contributed by atoms with van der Waals surface area (Å²) in [6.07, 6.45) is -2.20. The molecule has 0 saturated carbocycles. The van der Waals surface area contributed by atoms with Crippen LogP contribution in [0.5, 0.6) is 5.75 Å². The lowest BCUT2D eigenvalue weighted by atomic mass is 10.2. The Hall–Kier alpha value is -2.27. The van der Waals surface area contributed by atoms with Gasteiger partial charge in [0.05, 0.1) is 13.7 Å². The minimum atomic E-state index is -4.40. The van der Waals surface area contributed by atoms with E-state index < -0.39 is 17.8 Å². The lowest BCUT2D eigenvalue weighted by Crippen LogP contribution is -2.44. The molecule has 3 aromatic rings. The van der Waals surface area contributed by atoms with Crippen molar-refractivity contribution in [1.29, 1.82) is 0 Å². The number of rotatable bonds is 5. The molecule has 1 aliphatic heterocycles. The third-order valence-electron chi connectivity index (χ3n) is 5.04. The highest BCUT2D eigenvalue weighted by Crippen LogP contribution is 2.36. The van der Waals surface area contributed by atoms with Gasteiger partial charge in [0.1, 0.15) is 11.8 Å². The van der Waals surface area contributed by atoms with Gasteiger partial charge in [-0.25, -0.2) is 9.97 Å². The molecular weight excluding hydrogens is 437 g/mol. The first-order valence-corrected chi connectivity index (χ1v) is 11.3. The van der Waals surface area contributed by atoms with Crippen molar-refractivity contribution in [2.45, 2.75) is 35.9 Å². The zero-order valence-electron chi connectivity index (χ0n) is 16.3. The zero-order valence-corrected chi connectivity index (χ0v) is 17.9. The summed E-state index contributed by atoms with van der Waals surface area (Å²) in [5.74, 6) is 0.695. The fourth-order valence-electron chi connectivity index (χ4n) is 3.59. The zero-order chi connectivity index (χ0) is 21.5. The average Bonchev–Trinajstić information content (AvgIpc) is 3.37. The quantitative estimate of drug-likeness (QED) is 0.538. The first kappa shape index (κ1) is 21.0. The monoisotopic (exact) mass is 456 g/mol. The van der Waals surface area contributed by atoms with E-state index in [1.807, 2.05) is 6.26 Å². The fraction of sp³-hybridized carbons (Fsp3) is 0.421. The highest BCUT2D eigenvalue weighted by Gasteiger charge is 2.47. The molecule has 2 aromatic heterocycles. The van der Waals surface area contributed by atoms with E-state index in [1.165, 1.54) is 32.6 Å². The van der Waals surface area contributed by atoms with Gasteiger partial charge in [0.25, 0.3) is 5.56 Å². The topological polar surface area (TPSA) is 60.2 Å². The van der Waals surface area contributed by atoms with E-state index in [4.69, 9.17) is 4.74 Å². The molecule has 160 valence electrons. The number of alkyl halides is 3. The first-order chi connectivity index (χ1) is 14.3. The smallest absolute Gasteiger partial charge is 0.408 e. The number of halogens is 3. The number of thioether (sulfide) groups is 1. The predicted octanol–water partition coefficient (Wildman–Crippen LogP) is 4.16. The van der Waals surface area contributed by atoms with Crippen molar-refractivity contribution in [3.8, 4) is 5.75 Å². The summed E-state index contributed by atoms with van der Waals surface area (Å²) >= 11 is 2.59. The molecule has 0 radical (unpaired) electrons. The molecule has 4 rings (SSSR count). The molecule has 0 spiro atoms. The molecule has 1 aromatic carbocycles. The summed E-state index contributed by atoms with van der Waals surface area (Å²) in [6.45, 7) is 0.285. The van der Waals surface area contributed by atoms with Crippen LogP contribution in [-0.4, -0.2) is 46.7 Å². The Morgan fingerprint density at radius 1 is 1.27 bits per heavy atom. The van der Waals surface area contributed by atoms with Gasteiger partial charge in [-0.2, -0.15) is 13.2 Å². The van der Waals surface area contributed by atoms with Gasteiger partial charge >= 0.3 is 6.18 Å². The lowest BCUT2D eigenvalue weighted by Gasteiger charge is -2.29. The molecule has 0 unspecified atom stereocenters. The summed E-state index contributed by atoms with van der Waals surface area (Å²) in [4.78, 5) is 23.6. The van der Waals surface area contributed by atoms with Crippen molar-refractivity contribution < 1.29 is 17.9 Å². The van der Waals surface area contributed by atoms with Crippen molar-refractivity contribution in [2.24, 2.45) is 0 Å². The van der Waals surface area contributed by atoms with E-state index in [0.717, 1.165) is 5.56 Å². The Labute approximate surface area is 178 Å². The first-order valence-electron chi connectivity index (χ1n) is 9.23. The molecule has 1 aliphatic rings. The van der Waals surface area contributed by atoms with Crippen molar-refractivity contribution in [3.05, 3.63) is 40.2 Å². The van der Waals surface area contributed by atoms with Gasteiger partial charge in [-0.1, -0.05) is 35.2 Å². The number of hydrogen-bond donors (Lipinski definition) is 0. The van der Waals surface area contributed by atoms with E-state index >= 15 is 0 Å². The Balaban J connectivity index is 1.86. The molecule has 30 heavy (non-hydrogen) atoms. The van der Waals surface area contributed by atoms with Crippen LogP contribution < -0.4 is 15.2 Å². The summed E-state index contributed by atoms with van der Waals surface area (Å²) in [6, 6.07) is 5.39. The molecule has 0 amide bonds. The number of aromatic nitrogens is 3. The Kier molecular flexibility index (Phi) is 5.67. The van der Waals surface area contributed by atoms with Gasteiger partial charge < -0.3 is 9.64 Å². The van der Waals surface area contributed by atoms with Gasteiger partial charge in [0.2, 0.25) is 5.95 Å². The molecule has 1 atom stereocenters. The van der Waals surface area contributed by atoms with Crippen LogP contribution in [0.25, 0.3) is 10.3 Å². The van der Waals surface area contributed by atoms with Crippen LogP contribution in [0.15, 0.2) is 33.4 Å². The van der Waals surface area contributed by atoms with Crippen LogP contribution in [-0.2, 0) is 6.54 Å². The van der Waals surface area contributed by atoms with E-state index in [2.05, 4.69) is 9.97 Å². The molecule has 1 fully saturated rings. The SMILES string of the molecule is COc1ccc(Cn2c(N3CCC[C@H]3C(F)(F)F)nc3sc(SC)nc3c2=O)cc1. The van der Waals surface area contributed by atoms with Crippen LogP contribution >= 0.6 is 23.1 Å². The van der Waals surface area contributed by atoms with Gasteiger partial charge in [-0.3, -0.25) is 9.36 Å². The average molecular weight is 457 g/mol. The molecule has 0 bridgehead atoms. The van der Waals surface area contributed by atoms with E-state index in [0.29, 0.717) is 21.3 Å². The normalized spacial score (nSPS) is 17.1. The largest absolute Gasteiger partial charge is 0.497 e. The van der Waals surface area contributed by atoms with Crippen molar-refractivity contribution in [2.75, 3.05) is 24.8 Å². The standard InChI is InChI=1S/C19H19F3N4O2S2/c1-28-12-7-5-11(6-8-12)10-26-16(27)14-15(30-18(23-14)29-2)24-17(26)25-9-3-4-13(25)19(20,21)22/h5-8,13H,3-4,9-10H2,1-2H3/t13-/m0/s1. The maximum absolute atomic E-state index is 13.6. The number of anilines is 1. The Bertz CT molecular complexity index is 1110. The number of benzene rings is 1. The third kappa shape index (κ3) is 3.87. The Morgan fingerprint density at radius 2 is 2.00 bits per heavy atom. The fourth-order valence-corrected chi connectivity index (χ4v) is 5.00. The molecule has 11 heteroatoms. The predicted molar refractivity (Wildman–Crippen MR) is 112 cm³/mol. The lowest BCUT2D eigenvalue weighted by molar-refractivity contribution is -0.146. The molecule has 1 saturated heterocycles. The van der Waals surface area contributed by atoms with Gasteiger partial charge in [0.15, 0.2) is 14.7 Å². The summed E-state index contributed by atoms with van der Waals surface area (Å²) in [5, 5.41) is 0. The highest BCUT2D eigenvalue weighted by atomic mass is 32.2. The minimum absolute atomic E-state index is 0.0152. The van der Waals surface area contributed by atoms with Gasteiger partial charge in [-0.15, -0.1) is 0 Å². The van der Waals surface area contributed by atoms with Crippen molar-refractivity contribution in [3.63, 3.8) is 0 Å². The molecule has 6 nitrogen and oxygen atoms in total. The van der Waals surface area contributed by atoms with Crippen LogP contribution in [0.4, 0.5) is 19.1 Å². The summed E-state index contributed by atoms with van der Waals surface area (Å²) < 4.78 is 48.0. The number of fused-ring (bicyclic) bond motifs is 1. The molecule has 3 heterocycles. The number of methoxy groups -OCH3 is 1. The Morgan fingerprint density at radius 3 is 2.63 bits per heavy atom. The molecular formula is C19H19F3N4O2S2. The van der Waals surface area contributed by atoms with E-state index in [9.17, 15) is 18.0 Å². The number of nitrogens with zero attached hydrogens (tertiary/aromatic N) is 4. The van der Waals surface area contributed by atoms with Crippen LogP contribution in [0.1, 0.15) is 18.4 Å². The van der Waals surface area contributed by atoms with Crippen molar-refractivity contribution >= 4 is 39.4 Å². The molecule has 0 N–H and O–H groups in total. The van der Waals surface area contributed by atoms with E-state index in [1.54, 1.807) is 31.4 Å². The molecule has 0 aliphatic carbocycles. The number of thiazole rings is 1. The minimum Gasteiger partial charge on any atom is -0.497 e. The van der Waals surface area contributed by atoms with Crippen LogP contribution in [0.2, 0.25) is 0 Å². The second kappa shape index (κ2) is 8.10. The highest BCUT2D eigenvalue weighted by molar-refractivity contribution is 8.00. The van der Waals surface area contributed by atoms with Crippen molar-refractivity contribution in [1.82, 2.24) is 14.5 Å². The number of ether oxygens (including phenoxy) is 1.